The zero-order chi connectivity index (χ0) is 36.4. The van der Waals surface area contributed by atoms with E-state index in [1.165, 1.54) is 31.7 Å². The van der Waals surface area contributed by atoms with Crippen molar-refractivity contribution < 1.29 is 32.7 Å². The van der Waals surface area contributed by atoms with Crippen LogP contribution in [0.3, 0.4) is 0 Å². The molecule has 259 valence electrons. The summed E-state index contributed by atoms with van der Waals surface area (Å²) >= 11 is -0.317. The number of aromatic nitrogens is 1. The molecule has 1 N–H and O–H groups in total. The molecular formula is C42H54GeIrNO2S-. The van der Waals surface area contributed by atoms with E-state index >= 15 is 0 Å². The fourth-order valence-corrected chi connectivity index (χ4v) is 11.8. The van der Waals surface area contributed by atoms with Crippen molar-refractivity contribution in [3.8, 4) is 11.3 Å². The van der Waals surface area contributed by atoms with Crippen molar-refractivity contribution in [2.24, 2.45) is 11.8 Å². The van der Waals surface area contributed by atoms with Gasteiger partial charge in [-0.05, 0) is 25.7 Å². The minimum atomic E-state index is -2.04. The number of pyridine rings is 1. The third-order valence-electron chi connectivity index (χ3n) is 9.40. The van der Waals surface area contributed by atoms with Gasteiger partial charge in [-0.25, -0.2) is 0 Å². The van der Waals surface area contributed by atoms with Crippen LogP contribution in [0.25, 0.3) is 42.2 Å². The Morgan fingerprint density at radius 2 is 1.58 bits per heavy atom. The van der Waals surface area contributed by atoms with Crippen LogP contribution in [0.15, 0.2) is 66.5 Å². The molecule has 0 spiro atoms. The maximum Gasteiger partial charge on any atom is 0 e. The molecule has 2 heterocycles. The van der Waals surface area contributed by atoms with Gasteiger partial charge in [0, 0.05) is 38.0 Å². The van der Waals surface area contributed by atoms with Crippen molar-refractivity contribution in [3.63, 3.8) is 0 Å². The average Bonchev–Trinajstić information content (AvgIpc) is 3.44. The van der Waals surface area contributed by atoms with Crippen LogP contribution < -0.4 is 4.40 Å². The first kappa shape index (κ1) is 37.0. The van der Waals surface area contributed by atoms with E-state index in [2.05, 4.69) is 92.4 Å². The average molecular weight is 904 g/mol. The second-order valence-corrected chi connectivity index (χ2v) is 26.4. The maximum atomic E-state index is 11.7. The Morgan fingerprint density at radius 1 is 0.958 bits per heavy atom. The van der Waals surface area contributed by atoms with Crippen LogP contribution in [0.2, 0.25) is 17.3 Å². The van der Waals surface area contributed by atoms with Crippen LogP contribution in [-0.2, 0) is 30.3 Å². The molecule has 0 saturated heterocycles. The van der Waals surface area contributed by atoms with Crippen LogP contribution in [0.4, 0.5) is 0 Å². The van der Waals surface area contributed by atoms with Gasteiger partial charge in [0.2, 0.25) is 0 Å². The molecule has 3 nitrogen and oxygen atoms in total. The second kappa shape index (κ2) is 16.6. The number of rotatable bonds is 9. The van der Waals surface area contributed by atoms with Gasteiger partial charge in [-0.3, -0.25) is 4.79 Å². The second-order valence-electron chi connectivity index (χ2n) is 14.8. The molecule has 0 amide bonds. The zero-order valence-corrected chi connectivity index (χ0v) is 36.0. The number of aliphatic hydroxyl groups excluding tert-OH is 1. The number of aliphatic hydroxyl groups is 1. The number of carbonyl (C=O) groups is 1. The molecule has 3 aromatic carbocycles. The van der Waals surface area contributed by atoms with Gasteiger partial charge in [-0.15, -0.1) is 0 Å². The number of thiophene rings is 1. The number of ketones is 1. The van der Waals surface area contributed by atoms with Crippen molar-refractivity contribution in [2.75, 3.05) is 0 Å². The van der Waals surface area contributed by atoms with Gasteiger partial charge in [0.05, 0.1) is 5.76 Å². The van der Waals surface area contributed by atoms with Crippen LogP contribution in [-0.4, -0.2) is 29.1 Å². The summed E-state index contributed by atoms with van der Waals surface area (Å²) in [7, 11) is 0. The first-order chi connectivity index (χ1) is 23.0. The maximum absolute atomic E-state index is 11.7. The normalized spacial score (nSPS) is 13.1. The van der Waals surface area contributed by atoms with Gasteiger partial charge in [-0.2, -0.15) is 0 Å². The van der Waals surface area contributed by atoms with Crippen LogP contribution in [0.1, 0.15) is 88.0 Å². The van der Waals surface area contributed by atoms with Gasteiger partial charge in [0.1, 0.15) is 0 Å². The number of aryl methyl sites for hydroxylation is 1. The molecule has 48 heavy (non-hydrogen) atoms. The number of allylic oxidation sites excluding steroid dienone is 2. The SMILES string of the molecule is CCC(CC)C(=O)/C=C(\O)C(CC)CC.[2H]c1nc(-c2[c-]c3ccccc3c(C(C)(C)C)c2)c2sc3c(C)[c]([Ge]([CH3])([CH3])[CH3])ccc3c2c1[2H].[Ir]. The van der Waals surface area contributed by atoms with Gasteiger partial charge in [0.25, 0.3) is 0 Å². The smallest absolute Gasteiger partial charge is 0 e. The predicted molar refractivity (Wildman–Crippen MR) is 209 cm³/mol. The summed E-state index contributed by atoms with van der Waals surface area (Å²) in [5.41, 5.74) is 4.20. The zero-order valence-electron chi connectivity index (χ0n) is 32.6. The van der Waals surface area contributed by atoms with E-state index in [1.807, 2.05) is 33.8 Å². The standard InChI is InChI=1S/C29H30GeNS.C13H24O2.Ir/c1-18-25(30(5,6)7)13-12-22-23-14-15-31-26(28(23)32-27(18)22)20-16-19-10-8-9-11-21(19)24(17-20)29(2,3)4;1-5-10(6-2)12(14)9-13(15)11(7-3)8-4;/h8-15,17H,1-7H3;9-11,14H,5-8H2,1-4H3;/q-1;;/b;12-9-;/i14D,15D;;. The Labute approximate surface area is 312 Å². The minimum Gasteiger partial charge on any atom is 0 e. The molecule has 5 rings (SSSR count). The molecule has 0 unspecified atom stereocenters. The van der Waals surface area contributed by atoms with E-state index < -0.39 is 13.3 Å². The summed E-state index contributed by atoms with van der Waals surface area (Å²) in [6.07, 6.45) is 4.93. The predicted octanol–water partition coefficient (Wildman–Crippen LogP) is 12.1. The third-order valence-corrected chi connectivity index (χ3v) is 15.3. The van der Waals surface area contributed by atoms with Crippen molar-refractivity contribution in [1.82, 2.24) is 4.98 Å². The molecule has 0 fully saturated rings. The van der Waals surface area contributed by atoms with Gasteiger partial charge >= 0.3 is 201 Å². The summed E-state index contributed by atoms with van der Waals surface area (Å²) in [6.45, 7) is 17.0. The van der Waals surface area contributed by atoms with Crippen LogP contribution >= 0.6 is 11.3 Å². The largest absolute Gasteiger partial charge is 0 e. The molecule has 0 atom stereocenters. The Kier molecular flexibility index (Phi) is 12.8. The minimum absolute atomic E-state index is 0. The fraction of sp³-hybridized carbons (Fsp3) is 0.429. The van der Waals surface area contributed by atoms with Crippen molar-refractivity contribution in [2.45, 2.75) is 104 Å². The number of nitrogens with zero attached hydrogens (tertiary/aromatic N) is 1. The molecule has 6 heteroatoms. The van der Waals surface area contributed by atoms with E-state index in [-0.39, 0.29) is 61.1 Å². The number of benzene rings is 3. The van der Waals surface area contributed by atoms with Crippen LogP contribution in [0.5, 0.6) is 0 Å². The molecular weight excluding hydrogens is 847 g/mol. The van der Waals surface area contributed by atoms with E-state index in [0.29, 0.717) is 0 Å². The van der Waals surface area contributed by atoms with Crippen LogP contribution in [0, 0.1) is 24.8 Å². The van der Waals surface area contributed by atoms with Gasteiger partial charge < -0.3 is 5.11 Å². The van der Waals surface area contributed by atoms with Crippen molar-refractivity contribution in [1.29, 1.82) is 0 Å². The first-order valence-electron chi connectivity index (χ1n) is 18.2. The third kappa shape index (κ3) is 8.70. The molecule has 0 bridgehead atoms. The fourth-order valence-electron chi connectivity index (χ4n) is 6.53. The van der Waals surface area contributed by atoms with Gasteiger partial charge in [0.15, 0.2) is 5.78 Å². The summed E-state index contributed by atoms with van der Waals surface area (Å²) in [5, 5.41) is 13.9. The molecule has 0 saturated carbocycles. The monoisotopic (exact) mass is 905 g/mol. The first-order valence-corrected chi connectivity index (χ1v) is 25.4. The molecule has 5 aromatic rings. The van der Waals surface area contributed by atoms with E-state index in [4.69, 9.17) is 2.74 Å². The number of hydrogen-bond acceptors (Lipinski definition) is 4. The summed E-state index contributed by atoms with van der Waals surface area (Å²) < 4.78 is 21.0. The Balaban J connectivity index is 0.000000361. The molecule has 0 aliphatic carbocycles. The number of hydrogen-bond donors (Lipinski definition) is 1. The molecule has 0 aliphatic rings. The Bertz CT molecular complexity index is 2010. The summed E-state index contributed by atoms with van der Waals surface area (Å²) in [6, 6.07) is 18.8. The topological polar surface area (TPSA) is 50.2 Å². The quantitative estimate of drug-likeness (QED) is 0.0694. The molecule has 2 aromatic heterocycles. The van der Waals surface area contributed by atoms with E-state index in [9.17, 15) is 9.90 Å². The van der Waals surface area contributed by atoms with Crippen molar-refractivity contribution in [3.05, 3.63) is 83.7 Å². The Morgan fingerprint density at radius 3 is 2.17 bits per heavy atom. The number of fused-ring (bicyclic) bond motifs is 4. The van der Waals surface area contributed by atoms with Crippen molar-refractivity contribution >= 4 is 65.7 Å². The summed E-state index contributed by atoms with van der Waals surface area (Å²) in [4.78, 5) is 16.4. The Hall–Kier alpha value is -2.31. The number of carbonyl (C=O) groups excluding carboxylic acids is 1. The summed E-state index contributed by atoms with van der Waals surface area (Å²) in [5.74, 6) is 7.81. The van der Waals surface area contributed by atoms with E-state index in [1.54, 1.807) is 11.3 Å². The molecule has 1 radical (unpaired) electrons. The van der Waals surface area contributed by atoms with E-state index in [0.717, 1.165) is 57.8 Å². The molecule has 0 aliphatic heterocycles. The van der Waals surface area contributed by atoms with Gasteiger partial charge in [-0.1, -0.05) is 27.7 Å².